The molecule has 0 radical (unpaired) electrons. The van der Waals surface area contributed by atoms with E-state index in [9.17, 15) is 9.59 Å². The Morgan fingerprint density at radius 2 is 1.84 bits per heavy atom. The van der Waals surface area contributed by atoms with E-state index in [2.05, 4.69) is 19.1 Å². The quantitative estimate of drug-likeness (QED) is 0.298. The van der Waals surface area contributed by atoms with Crippen LogP contribution in [-0.4, -0.2) is 18.2 Å². The largest absolute Gasteiger partial charge is 0.482 e. The molecule has 164 valence electrons. The van der Waals surface area contributed by atoms with E-state index in [1.54, 1.807) is 6.07 Å². The Labute approximate surface area is 183 Å². The molecule has 0 spiro atoms. The van der Waals surface area contributed by atoms with Crippen LogP contribution in [0.25, 0.3) is 17.0 Å². The minimum Gasteiger partial charge on any atom is -0.482 e. The molecule has 1 aliphatic heterocycles. The second-order valence-electron chi connectivity index (χ2n) is 8.34. The van der Waals surface area contributed by atoms with Crippen molar-refractivity contribution in [2.45, 2.75) is 59.0 Å². The van der Waals surface area contributed by atoms with Crippen molar-refractivity contribution in [1.82, 2.24) is 0 Å². The van der Waals surface area contributed by atoms with Gasteiger partial charge in [0.25, 0.3) is 0 Å². The van der Waals surface area contributed by atoms with Gasteiger partial charge in [-0.05, 0) is 76.3 Å². The highest BCUT2D eigenvalue weighted by Gasteiger charge is 2.29. The number of carbonyl (C=O) groups excluding carboxylic acids is 1. The van der Waals surface area contributed by atoms with Gasteiger partial charge >= 0.3 is 11.6 Å². The maximum absolute atomic E-state index is 12.3. The molecule has 2 heterocycles. The van der Waals surface area contributed by atoms with Gasteiger partial charge in [0.05, 0.1) is 5.39 Å². The monoisotopic (exact) mass is 422 g/mol. The van der Waals surface area contributed by atoms with Crippen molar-refractivity contribution in [3.8, 4) is 5.75 Å². The van der Waals surface area contributed by atoms with Gasteiger partial charge in [-0.2, -0.15) is 0 Å². The highest BCUT2D eigenvalue weighted by Crippen LogP contribution is 2.37. The van der Waals surface area contributed by atoms with Gasteiger partial charge in [0, 0.05) is 6.92 Å². The third kappa shape index (κ3) is 5.97. The van der Waals surface area contributed by atoms with Gasteiger partial charge in [0.2, 0.25) is 0 Å². The lowest BCUT2D eigenvalue weighted by Gasteiger charge is -2.31. The molecule has 1 aliphatic rings. The Hall–Kier alpha value is -3.08. The van der Waals surface area contributed by atoms with Crippen molar-refractivity contribution in [2.75, 3.05) is 6.61 Å². The second kappa shape index (κ2) is 9.82. The first kappa shape index (κ1) is 22.6. The van der Waals surface area contributed by atoms with E-state index in [1.807, 2.05) is 44.2 Å². The number of ether oxygens (including phenoxy) is 2. The maximum atomic E-state index is 12.3. The molecule has 3 rings (SSSR count). The molecule has 0 saturated carbocycles. The van der Waals surface area contributed by atoms with E-state index in [0.29, 0.717) is 23.5 Å². The highest BCUT2D eigenvalue weighted by atomic mass is 16.5. The summed E-state index contributed by atoms with van der Waals surface area (Å²) in [5.41, 5.74) is 2.52. The SMILES string of the molecule is CC(=O)OCC(C)=CCCC(C)=CCCC1(C)C=Cc2c(c3ccccc3oc2=O)O1. The fourth-order valence-electron chi connectivity index (χ4n) is 3.58. The summed E-state index contributed by atoms with van der Waals surface area (Å²) in [4.78, 5) is 23.1. The van der Waals surface area contributed by atoms with Crippen LogP contribution in [0.3, 0.4) is 0 Å². The molecule has 0 amide bonds. The van der Waals surface area contributed by atoms with Gasteiger partial charge in [-0.1, -0.05) is 29.9 Å². The van der Waals surface area contributed by atoms with Gasteiger partial charge in [0.15, 0.2) is 0 Å². The third-order valence-corrected chi connectivity index (χ3v) is 5.40. The summed E-state index contributed by atoms with van der Waals surface area (Å²) in [6.07, 6.45) is 11.7. The number of allylic oxidation sites excluding steroid dienone is 3. The first-order valence-corrected chi connectivity index (χ1v) is 10.7. The number of esters is 1. The number of hydrogen-bond donors (Lipinski definition) is 0. The van der Waals surface area contributed by atoms with Crippen LogP contribution in [0.4, 0.5) is 0 Å². The maximum Gasteiger partial charge on any atom is 0.347 e. The Kier molecular flexibility index (Phi) is 7.16. The molecule has 0 N–H and O–H groups in total. The normalized spacial score (nSPS) is 18.6. The molecule has 1 atom stereocenters. The molecular formula is C26H30O5. The summed E-state index contributed by atoms with van der Waals surface area (Å²) < 4.78 is 16.7. The van der Waals surface area contributed by atoms with Gasteiger partial charge in [-0.15, -0.1) is 0 Å². The zero-order valence-corrected chi connectivity index (χ0v) is 18.7. The molecule has 1 unspecified atom stereocenters. The lowest BCUT2D eigenvalue weighted by molar-refractivity contribution is -0.139. The van der Waals surface area contributed by atoms with Crippen LogP contribution >= 0.6 is 0 Å². The first-order chi connectivity index (χ1) is 14.8. The summed E-state index contributed by atoms with van der Waals surface area (Å²) >= 11 is 0. The molecule has 5 heteroatoms. The summed E-state index contributed by atoms with van der Waals surface area (Å²) in [5, 5.41) is 0.815. The van der Waals surface area contributed by atoms with Crippen LogP contribution < -0.4 is 10.4 Å². The van der Waals surface area contributed by atoms with E-state index in [-0.39, 0.29) is 11.6 Å². The summed E-state index contributed by atoms with van der Waals surface area (Å²) in [7, 11) is 0. The summed E-state index contributed by atoms with van der Waals surface area (Å²) in [6.45, 7) is 7.91. The minimum atomic E-state index is -0.485. The highest BCUT2D eigenvalue weighted by molar-refractivity contribution is 5.87. The smallest absolute Gasteiger partial charge is 0.347 e. The van der Waals surface area contributed by atoms with Crippen LogP contribution in [0.5, 0.6) is 5.75 Å². The van der Waals surface area contributed by atoms with Gasteiger partial charge < -0.3 is 13.9 Å². The molecule has 0 aliphatic carbocycles. The fraction of sp³-hybridized carbons (Fsp3) is 0.385. The van der Waals surface area contributed by atoms with Crippen LogP contribution in [0.1, 0.15) is 58.9 Å². The van der Waals surface area contributed by atoms with Crippen molar-refractivity contribution in [3.05, 3.63) is 69.6 Å². The molecular weight excluding hydrogens is 392 g/mol. The first-order valence-electron chi connectivity index (χ1n) is 10.7. The lowest BCUT2D eigenvalue weighted by Crippen LogP contribution is -2.33. The van der Waals surface area contributed by atoms with Crippen molar-refractivity contribution in [1.29, 1.82) is 0 Å². The summed E-state index contributed by atoms with van der Waals surface area (Å²) in [5.74, 6) is 0.346. The van der Waals surface area contributed by atoms with Crippen LogP contribution in [-0.2, 0) is 9.53 Å². The molecule has 2 aromatic rings. The predicted molar refractivity (Wildman–Crippen MR) is 123 cm³/mol. The predicted octanol–water partition coefficient (Wildman–Crippen LogP) is 5.97. The average Bonchev–Trinajstić information content (AvgIpc) is 2.72. The van der Waals surface area contributed by atoms with Crippen molar-refractivity contribution < 1.29 is 18.7 Å². The van der Waals surface area contributed by atoms with Gasteiger partial charge in [0.1, 0.15) is 29.1 Å². The van der Waals surface area contributed by atoms with E-state index < -0.39 is 5.60 Å². The topological polar surface area (TPSA) is 65.7 Å². The van der Waals surface area contributed by atoms with E-state index in [0.717, 1.165) is 36.6 Å². The van der Waals surface area contributed by atoms with E-state index >= 15 is 0 Å². The molecule has 1 aromatic heterocycles. The van der Waals surface area contributed by atoms with Crippen molar-refractivity contribution in [3.63, 3.8) is 0 Å². The van der Waals surface area contributed by atoms with Crippen LogP contribution in [0, 0.1) is 0 Å². The average molecular weight is 423 g/mol. The summed E-state index contributed by atoms with van der Waals surface area (Å²) in [6, 6.07) is 7.45. The van der Waals surface area contributed by atoms with E-state index in [1.165, 1.54) is 12.5 Å². The zero-order valence-electron chi connectivity index (χ0n) is 18.7. The Morgan fingerprint density at radius 3 is 2.61 bits per heavy atom. The second-order valence-corrected chi connectivity index (χ2v) is 8.34. The van der Waals surface area contributed by atoms with Gasteiger partial charge in [-0.25, -0.2) is 4.79 Å². The molecule has 5 nitrogen and oxygen atoms in total. The molecule has 1 aromatic carbocycles. The molecule has 31 heavy (non-hydrogen) atoms. The van der Waals surface area contributed by atoms with Gasteiger partial charge in [-0.3, -0.25) is 4.79 Å². The number of para-hydroxylation sites is 1. The number of rotatable bonds is 8. The lowest BCUT2D eigenvalue weighted by atomic mass is 9.94. The minimum absolute atomic E-state index is 0.257. The van der Waals surface area contributed by atoms with Crippen molar-refractivity contribution in [2.24, 2.45) is 0 Å². The Bertz CT molecular complexity index is 1100. The van der Waals surface area contributed by atoms with Crippen LogP contribution in [0.2, 0.25) is 0 Å². The number of fused-ring (bicyclic) bond motifs is 3. The standard InChI is InChI=1S/C26H30O5/c1-18(9-7-10-19(2)17-29-20(3)27)11-8-15-26(4)16-14-22-24(31-26)21-12-5-6-13-23(21)30-25(22)28/h5-6,10-14,16H,7-9,15,17H2,1-4H3. The number of benzene rings is 1. The third-order valence-electron chi connectivity index (χ3n) is 5.40. The molecule has 0 fully saturated rings. The van der Waals surface area contributed by atoms with Crippen LogP contribution in [0.15, 0.2) is 62.9 Å². The Balaban J connectivity index is 1.59. The van der Waals surface area contributed by atoms with E-state index in [4.69, 9.17) is 13.9 Å². The molecule has 0 saturated heterocycles. The molecule has 0 bridgehead atoms. The number of hydrogen-bond acceptors (Lipinski definition) is 5. The Morgan fingerprint density at radius 1 is 1.10 bits per heavy atom. The fourth-order valence-corrected chi connectivity index (χ4v) is 3.58. The zero-order chi connectivity index (χ0) is 22.4. The number of carbonyl (C=O) groups is 1. The van der Waals surface area contributed by atoms with Crippen molar-refractivity contribution >= 4 is 23.0 Å².